The molecule has 0 radical (unpaired) electrons. The summed E-state index contributed by atoms with van der Waals surface area (Å²) in [4.78, 5) is 13.9. The Morgan fingerprint density at radius 2 is 2.18 bits per heavy atom. The Hall–Kier alpha value is -1.39. The number of rotatable bonds is 2. The van der Waals surface area contributed by atoms with Crippen LogP contribution in [0, 0.1) is 0 Å². The van der Waals surface area contributed by atoms with Crippen molar-refractivity contribution >= 4 is 5.91 Å². The van der Waals surface area contributed by atoms with Gasteiger partial charge in [-0.25, -0.2) is 0 Å². The first-order valence-corrected chi connectivity index (χ1v) is 5.94. The molecule has 1 aliphatic heterocycles. The van der Waals surface area contributed by atoms with Crippen LogP contribution in [0.15, 0.2) is 30.3 Å². The van der Waals surface area contributed by atoms with Crippen LogP contribution < -0.4 is 5.32 Å². The van der Waals surface area contributed by atoms with E-state index < -0.39 is 6.10 Å². The van der Waals surface area contributed by atoms with E-state index in [2.05, 4.69) is 5.32 Å². The van der Waals surface area contributed by atoms with Crippen molar-refractivity contribution < 1.29 is 9.90 Å². The molecule has 0 aromatic heterocycles. The second kappa shape index (κ2) is 5.29. The van der Waals surface area contributed by atoms with Crippen LogP contribution in [0.1, 0.15) is 18.6 Å². The number of carbonyl (C=O) groups is 1. The average Bonchev–Trinajstić information content (AvgIpc) is 2.39. The summed E-state index contributed by atoms with van der Waals surface area (Å²) in [5, 5.41) is 13.3. The van der Waals surface area contributed by atoms with E-state index in [0.717, 1.165) is 13.1 Å². The van der Waals surface area contributed by atoms with Crippen LogP contribution in [-0.4, -0.2) is 41.6 Å². The summed E-state index contributed by atoms with van der Waals surface area (Å²) in [7, 11) is 0. The Bertz CT molecular complexity index is 380. The number of nitrogens with one attached hydrogen (secondary N) is 1. The van der Waals surface area contributed by atoms with Gasteiger partial charge in [-0.3, -0.25) is 4.79 Å². The third-order valence-electron chi connectivity index (χ3n) is 3.13. The number of carbonyl (C=O) groups excluding carboxylic acids is 1. The summed E-state index contributed by atoms with van der Waals surface area (Å²) >= 11 is 0. The van der Waals surface area contributed by atoms with Gasteiger partial charge in [-0.2, -0.15) is 0 Å². The molecular formula is C13H18N2O2. The van der Waals surface area contributed by atoms with Gasteiger partial charge in [0.15, 0.2) is 6.10 Å². The Labute approximate surface area is 101 Å². The Morgan fingerprint density at radius 1 is 1.47 bits per heavy atom. The number of aliphatic hydroxyl groups excluding tert-OH is 1. The van der Waals surface area contributed by atoms with Gasteiger partial charge in [-0.15, -0.1) is 0 Å². The Balaban J connectivity index is 2.09. The van der Waals surface area contributed by atoms with Gasteiger partial charge in [0.2, 0.25) is 0 Å². The maximum atomic E-state index is 12.2. The van der Waals surface area contributed by atoms with Crippen molar-refractivity contribution in [1.82, 2.24) is 10.2 Å². The number of hydrogen-bond acceptors (Lipinski definition) is 3. The molecule has 1 aliphatic rings. The quantitative estimate of drug-likeness (QED) is 0.785. The molecular weight excluding hydrogens is 216 g/mol. The smallest absolute Gasteiger partial charge is 0.256 e. The van der Waals surface area contributed by atoms with Crippen LogP contribution in [0.3, 0.4) is 0 Å². The summed E-state index contributed by atoms with van der Waals surface area (Å²) in [5.41, 5.74) is 0.656. The lowest BCUT2D eigenvalue weighted by Gasteiger charge is -2.35. The number of nitrogens with zero attached hydrogens (tertiary/aromatic N) is 1. The first-order chi connectivity index (χ1) is 8.20. The lowest BCUT2D eigenvalue weighted by Crippen LogP contribution is -2.53. The largest absolute Gasteiger partial charge is 0.378 e. The minimum absolute atomic E-state index is 0.134. The molecule has 1 saturated heterocycles. The molecule has 0 aliphatic carbocycles. The molecule has 2 atom stereocenters. The molecule has 2 N–H and O–H groups in total. The van der Waals surface area contributed by atoms with Crippen molar-refractivity contribution in [2.75, 3.05) is 19.6 Å². The van der Waals surface area contributed by atoms with Gasteiger partial charge in [0.25, 0.3) is 5.91 Å². The minimum atomic E-state index is -1.04. The molecule has 1 unspecified atom stereocenters. The second-order valence-electron chi connectivity index (χ2n) is 4.40. The van der Waals surface area contributed by atoms with Crippen molar-refractivity contribution in [3.05, 3.63) is 35.9 Å². The van der Waals surface area contributed by atoms with E-state index in [1.54, 1.807) is 17.0 Å². The average molecular weight is 234 g/mol. The molecule has 1 aromatic carbocycles. The van der Waals surface area contributed by atoms with E-state index in [0.29, 0.717) is 12.1 Å². The highest BCUT2D eigenvalue weighted by Gasteiger charge is 2.28. The predicted octanol–water partition coefficient (Wildman–Crippen LogP) is 0.540. The third kappa shape index (κ3) is 2.65. The summed E-state index contributed by atoms with van der Waals surface area (Å²) in [5.74, 6) is -0.204. The van der Waals surface area contributed by atoms with Gasteiger partial charge in [-0.05, 0) is 12.5 Å². The standard InChI is InChI=1S/C13H18N2O2/c1-10-9-14-7-8-15(10)13(17)12(16)11-5-3-2-4-6-11/h2-6,10,12,14,16H,7-9H2,1H3/t10-,12?/m1/s1. The highest BCUT2D eigenvalue weighted by molar-refractivity contribution is 5.82. The van der Waals surface area contributed by atoms with Crippen molar-refractivity contribution in [2.45, 2.75) is 19.1 Å². The molecule has 2 rings (SSSR count). The summed E-state index contributed by atoms with van der Waals surface area (Å²) in [6, 6.07) is 9.20. The van der Waals surface area contributed by atoms with Crippen molar-refractivity contribution in [2.24, 2.45) is 0 Å². The fourth-order valence-electron chi connectivity index (χ4n) is 2.10. The highest BCUT2D eigenvalue weighted by atomic mass is 16.3. The normalized spacial score (nSPS) is 22.2. The van der Waals surface area contributed by atoms with Crippen molar-refractivity contribution in [1.29, 1.82) is 0 Å². The van der Waals surface area contributed by atoms with Crippen LogP contribution in [0.2, 0.25) is 0 Å². The highest BCUT2D eigenvalue weighted by Crippen LogP contribution is 2.17. The molecule has 0 saturated carbocycles. The molecule has 4 heteroatoms. The van der Waals surface area contributed by atoms with E-state index >= 15 is 0 Å². The number of hydrogen-bond donors (Lipinski definition) is 2. The molecule has 1 aromatic rings. The van der Waals surface area contributed by atoms with Crippen molar-refractivity contribution in [3.8, 4) is 0 Å². The van der Waals surface area contributed by atoms with Crippen LogP contribution in [0.4, 0.5) is 0 Å². The van der Waals surface area contributed by atoms with E-state index in [-0.39, 0.29) is 11.9 Å². The fourth-order valence-corrected chi connectivity index (χ4v) is 2.10. The molecule has 1 heterocycles. The second-order valence-corrected chi connectivity index (χ2v) is 4.40. The van der Waals surface area contributed by atoms with Gasteiger partial charge < -0.3 is 15.3 Å². The number of amides is 1. The zero-order chi connectivity index (χ0) is 12.3. The Morgan fingerprint density at radius 3 is 2.82 bits per heavy atom. The molecule has 1 amide bonds. The summed E-state index contributed by atoms with van der Waals surface area (Å²) < 4.78 is 0. The topological polar surface area (TPSA) is 52.6 Å². The SMILES string of the molecule is C[C@@H]1CNCCN1C(=O)C(O)c1ccccc1. The van der Waals surface area contributed by atoms with E-state index in [4.69, 9.17) is 0 Å². The predicted molar refractivity (Wildman–Crippen MR) is 65.4 cm³/mol. The van der Waals surface area contributed by atoms with Gasteiger partial charge >= 0.3 is 0 Å². The molecule has 17 heavy (non-hydrogen) atoms. The van der Waals surface area contributed by atoms with E-state index in [1.165, 1.54) is 0 Å². The van der Waals surface area contributed by atoms with Crippen LogP contribution in [0.25, 0.3) is 0 Å². The van der Waals surface area contributed by atoms with Gasteiger partial charge in [0.05, 0.1) is 0 Å². The van der Waals surface area contributed by atoms with Gasteiger partial charge in [0.1, 0.15) is 0 Å². The molecule has 4 nitrogen and oxygen atoms in total. The summed E-state index contributed by atoms with van der Waals surface area (Å²) in [6.45, 7) is 4.22. The lowest BCUT2D eigenvalue weighted by atomic mass is 10.1. The third-order valence-corrected chi connectivity index (χ3v) is 3.13. The maximum Gasteiger partial charge on any atom is 0.256 e. The number of benzene rings is 1. The van der Waals surface area contributed by atoms with Gasteiger partial charge in [-0.1, -0.05) is 30.3 Å². The van der Waals surface area contributed by atoms with E-state index in [9.17, 15) is 9.90 Å². The Kier molecular flexibility index (Phi) is 3.76. The molecule has 92 valence electrons. The molecule has 0 bridgehead atoms. The lowest BCUT2D eigenvalue weighted by molar-refractivity contribution is -0.143. The number of piperazine rings is 1. The minimum Gasteiger partial charge on any atom is -0.378 e. The molecule has 1 fully saturated rings. The van der Waals surface area contributed by atoms with E-state index in [1.807, 2.05) is 25.1 Å². The first kappa shape index (κ1) is 12.1. The van der Waals surface area contributed by atoms with Crippen LogP contribution in [-0.2, 0) is 4.79 Å². The number of aliphatic hydroxyl groups is 1. The maximum absolute atomic E-state index is 12.2. The fraction of sp³-hybridized carbons (Fsp3) is 0.462. The van der Waals surface area contributed by atoms with Gasteiger partial charge in [0, 0.05) is 25.7 Å². The first-order valence-electron chi connectivity index (χ1n) is 5.94. The monoisotopic (exact) mass is 234 g/mol. The zero-order valence-electron chi connectivity index (χ0n) is 9.97. The van der Waals surface area contributed by atoms with Crippen LogP contribution in [0.5, 0.6) is 0 Å². The zero-order valence-corrected chi connectivity index (χ0v) is 9.97. The van der Waals surface area contributed by atoms with Crippen LogP contribution >= 0.6 is 0 Å². The molecule has 0 spiro atoms. The van der Waals surface area contributed by atoms with Crippen molar-refractivity contribution in [3.63, 3.8) is 0 Å². The summed E-state index contributed by atoms with van der Waals surface area (Å²) in [6.07, 6.45) is -1.04.